The first-order valence-corrected chi connectivity index (χ1v) is 11.5. The molecule has 1 aromatic heterocycles. The van der Waals surface area contributed by atoms with E-state index in [9.17, 15) is 28.0 Å². The first-order valence-electron chi connectivity index (χ1n) is 11.5. The van der Waals surface area contributed by atoms with Crippen molar-refractivity contribution in [2.45, 2.75) is 44.4 Å². The molecule has 11 heteroatoms. The van der Waals surface area contributed by atoms with Gasteiger partial charge < -0.3 is 19.7 Å². The Morgan fingerprint density at radius 2 is 2.00 bits per heavy atom. The minimum absolute atomic E-state index is 0.138. The predicted molar refractivity (Wildman–Crippen MR) is 121 cm³/mol. The van der Waals surface area contributed by atoms with E-state index in [1.54, 1.807) is 18.6 Å². The molecular formula is C24H27F3N6O2. The molecule has 3 heterocycles. The predicted octanol–water partition coefficient (Wildman–Crippen LogP) is 2.53. The maximum absolute atomic E-state index is 13.0. The van der Waals surface area contributed by atoms with Gasteiger partial charge in [-0.3, -0.25) is 9.59 Å². The van der Waals surface area contributed by atoms with Crippen LogP contribution in [0.3, 0.4) is 0 Å². The SMILES string of the molecule is Cn1cncc1CN1CC(NC(=O)C2CCN(C(=O)CC(F)(F)F)CC2)Cc2cc(C#N)ccc21. The van der Waals surface area contributed by atoms with Gasteiger partial charge in [-0.15, -0.1) is 0 Å². The van der Waals surface area contributed by atoms with Crippen molar-refractivity contribution in [3.63, 3.8) is 0 Å². The van der Waals surface area contributed by atoms with Gasteiger partial charge in [0.25, 0.3) is 0 Å². The molecule has 0 aliphatic carbocycles. The summed E-state index contributed by atoms with van der Waals surface area (Å²) in [4.78, 5) is 32.4. The van der Waals surface area contributed by atoms with E-state index >= 15 is 0 Å². The van der Waals surface area contributed by atoms with Crippen molar-refractivity contribution in [2.75, 3.05) is 24.5 Å². The van der Waals surface area contributed by atoms with Crippen molar-refractivity contribution in [3.8, 4) is 6.07 Å². The molecule has 1 N–H and O–H groups in total. The fourth-order valence-corrected chi connectivity index (χ4v) is 4.79. The first kappa shape index (κ1) is 24.6. The lowest BCUT2D eigenvalue weighted by molar-refractivity contribution is -0.162. The minimum Gasteiger partial charge on any atom is -0.363 e. The van der Waals surface area contributed by atoms with Crippen LogP contribution in [0.4, 0.5) is 18.9 Å². The molecule has 0 bridgehead atoms. The number of nitrogens with zero attached hydrogens (tertiary/aromatic N) is 5. The highest BCUT2D eigenvalue weighted by Crippen LogP contribution is 2.30. The Hall–Kier alpha value is -3.55. The van der Waals surface area contributed by atoms with Gasteiger partial charge in [-0.05, 0) is 43.0 Å². The number of nitriles is 1. The summed E-state index contributed by atoms with van der Waals surface area (Å²) in [7, 11) is 1.91. The van der Waals surface area contributed by atoms with E-state index in [-0.39, 0.29) is 31.0 Å². The number of benzene rings is 1. The molecule has 0 saturated carbocycles. The lowest BCUT2D eigenvalue weighted by atomic mass is 9.93. The quantitative estimate of drug-likeness (QED) is 0.698. The van der Waals surface area contributed by atoms with E-state index in [0.717, 1.165) is 16.9 Å². The average Bonchev–Trinajstić information content (AvgIpc) is 3.21. The molecule has 2 amide bonds. The summed E-state index contributed by atoms with van der Waals surface area (Å²) in [6, 6.07) is 7.51. The number of halogens is 3. The molecule has 4 rings (SSSR count). The number of fused-ring (bicyclic) bond motifs is 1. The van der Waals surface area contributed by atoms with Gasteiger partial charge in [0.15, 0.2) is 0 Å². The Bertz CT molecular complexity index is 1130. The summed E-state index contributed by atoms with van der Waals surface area (Å²) < 4.78 is 39.5. The fourth-order valence-electron chi connectivity index (χ4n) is 4.79. The zero-order chi connectivity index (χ0) is 25.2. The number of alkyl halides is 3. The third kappa shape index (κ3) is 5.93. The molecule has 35 heavy (non-hydrogen) atoms. The van der Waals surface area contributed by atoms with Crippen molar-refractivity contribution in [1.82, 2.24) is 19.8 Å². The number of imidazole rings is 1. The third-order valence-corrected chi connectivity index (χ3v) is 6.64. The Labute approximate surface area is 201 Å². The van der Waals surface area contributed by atoms with Crippen LogP contribution in [0.5, 0.6) is 0 Å². The number of carbonyl (C=O) groups excluding carboxylic acids is 2. The topological polar surface area (TPSA) is 94.3 Å². The second-order valence-corrected chi connectivity index (χ2v) is 9.19. The van der Waals surface area contributed by atoms with Crippen LogP contribution in [-0.4, -0.2) is 58.1 Å². The second kappa shape index (κ2) is 9.98. The Kier molecular flexibility index (Phi) is 7.00. The molecule has 0 spiro atoms. The summed E-state index contributed by atoms with van der Waals surface area (Å²) in [5.41, 5.74) is 3.53. The van der Waals surface area contributed by atoms with Gasteiger partial charge >= 0.3 is 6.18 Å². The normalized spacial score (nSPS) is 18.7. The van der Waals surface area contributed by atoms with Crippen LogP contribution in [0.2, 0.25) is 0 Å². The van der Waals surface area contributed by atoms with Gasteiger partial charge in [0, 0.05) is 44.5 Å². The van der Waals surface area contributed by atoms with E-state index in [1.807, 2.05) is 23.7 Å². The summed E-state index contributed by atoms with van der Waals surface area (Å²) in [5, 5.41) is 12.4. The number of amides is 2. The molecule has 0 radical (unpaired) electrons. The average molecular weight is 489 g/mol. The van der Waals surface area contributed by atoms with Crippen LogP contribution >= 0.6 is 0 Å². The van der Waals surface area contributed by atoms with E-state index in [1.165, 1.54) is 4.90 Å². The molecule has 1 atom stereocenters. The van der Waals surface area contributed by atoms with Gasteiger partial charge in [-0.2, -0.15) is 18.4 Å². The lowest BCUT2D eigenvalue weighted by Gasteiger charge is -2.38. The summed E-state index contributed by atoms with van der Waals surface area (Å²) in [6.45, 7) is 1.43. The summed E-state index contributed by atoms with van der Waals surface area (Å²) >= 11 is 0. The van der Waals surface area contributed by atoms with Crippen molar-refractivity contribution in [3.05, 3.63) is 47.5 Å². The molecule has 2 aliphatic heterocycles. The molecule has 2 aliphatic rings. The molecular weight excluding hydrogens is 461 g/mol. The first-order chi connectivity index (χ1) is 16.6. The van der Waals surface area contributed by atoms with Gasteiger partial charge in [-0.1, -0.05) is 0 Å². The fraction of sp³-hybridized carbons (Fsp3) is 0.500. The number of piperidine rings is 1. The second-order valence-electron chi connectivity index (χ2n) is 9.19. The van der Waals surface area contributed by atoms with Crippen molar-refractivity contribution < 1.29 is 22.8 Å². The third-order valence-electron chi connectivity index (χ3n) is 6.64. The van der Waals surface area contributed by atoms with Crippen LogP contribution in [0.25, 0.3) is 0 Å². The minimum atomic E-state index is -4.53. The zero-order valence-corrected chi connectivity index (χ0v) is 19.4. The summed E-state index contributed by atoms with van der Waals surface area (Å²) in [5.74, 6) is -1.46. The maximum Gasteiger partial charge on any atom is 0.397 e. The number of likely N-dealkylation sites (tertiary alicyclic amines) is 1. The Balaban J connectivity index is 1.40. The van der Waals surface area contributed by atoms with Crippen LogP contribution in [0, 0.1) is 17.2 Å². The molecule has 1 fully saturated rings. The molecule has 8 nitrogen and oxygen atoms in total. The van der Waals surface area contributed by atoms with E-state index in [2.05, 4.69) is 21.3 Å². The van der Waals surface area contributed by atoms with Gasteiger partial charge in [-0.25, -0.2) is 4.98 Å². The standard InChI is InChI=1S/C24H27F3N6O2/c1-31-15-29-12-20(31)14-33-13-19(9-18-8-16(11-28)2-3-21(18)33)30-23(35)17-4-6-32(7-5-17)22(34)10-24(25,26)27/h2-3,8,12,15,17,19H,4-7,9-10,13-14H2,1H3,(H,30,35). The van der Waals surface area contributed by atoms with E-state index < -0.39 is 18.5 Å². The number of rotatable bonds is 5. The highest BCUT2D eigenvalue weighted by Gasteiger charge is 2.36. The van der Waals surface area contributed by atoms with E-state index in [0.29, 0.717) is 37.9 Å². The Morgan fingerprint density at radius 1 is 1.26 bits per heavy atom. The zero-order valence-electron chi connectivity index (χ0n) is 19.4. The van der Waals surface area contributed by atoms with E-state index in [4.69, 9.17) is 0 Å². The van der Waals surface area contributed by atoms with Crippen LogP contribution in [-0.2, 0) is 29.6 Å². The number of anilines is 1. The number of hydrogen-bond acceptors (Lipinski definition) is 5. The number of carbonyl (C=O) groups is 2. The monoisotopic (exact) mass is 488 g/mol. The highest BCUT2D eigenvalue weighted by molar-refractivity contribution is 5.81. The van der Waals surface area contributed by atoms with Crippen molar-refractivity contribution in [2.24, 2.45) is 13.0 Å². The smallest absolute Gasteiger partial charge is 0.363 e. The molecule has 1 unspecified atom stereocenters. The van der Waals surface area contributed by atoms with Crippen molar-refractivity contribution in [1.29, 1.82) is 5.26 Å². The highest BCUT2D eigenvalue weighted by atomic mass is 19.4. The molecule has 186 valence electrons. The van der Waals surface area contributed by atoms with Crippen LogP contribution in [0.15, 0.2) is 30.7 Å². The molecule has 1 saturated heterocycles. The van der Waals surface area contributed by atoms with Crippen LogP contribution < -0.4 is 10.2 Å². The molecule has 1 aromatic carbocycles. The van der Waals surface area contributed by atoms with Crippen molar-refractivity contribution >= 4 is 17.5 Å². The summed E-state index contributed by atoms with van der Waals surface area (Å²) in [6.07, 6.45) is -1.26. The van der Waals surface area contributed by atoms with Crippen LogP contribution in [0.1, 0.15) is 36.1 Å². The lowest BCUT2D eigenvalue weighted by Crippen LogP contribution is -2.51. The maximum atomic E-state index is 13.0. The number of aryl methyl sites for hydroxylation is 1. The van der Waals surface area contributed by atoms with Gasteiger partial charge in [0.2, 0.25) is 11.8 Å². The number of nitrogens with one attached hydrogen (secondary N) is 1. The number of hydrogen-bond donors (Lipinski definition) is 1. The van der Waals surface area contributed by atoms with Gasteiger partial charge in [0.05, 0.1) is 36.2 Å². The molecule has 2 aromatic rings. The number of aromatic nitrogens is 2. The largest absolute Gasteiger partial charge is 0.397 e. The van der Waals surface area contributed by atoms with Gasteiger partial charge in [0.1, 0.15) is 6.42 Å². The Morgan fingerprint density at radius 3 is 2.63 bits per heavy atom.